The van der Waals surface area contributed by atoms with Crippen LogP contribution in [0.4, 0.5) is 19.0 Å². The number of fused-ring (bicyclic) bond motifs is 2. The Balaban J connectivity index is 1.40. The molecular formula is C32H36F3N5O2. The molecule has 6 rings (SSSR count). The van der Waals surface area contributed by atoms with Crippen LogP contribution in [0.2, 0.25) is 0 Å². The molecule has 0 spiro atoms. The maximum Gasteiger partial charge on any atom is 0.319 e. The number of amides is 1. The van der Waals surface area contributed by atoms with Gasteiger partial charge in [0.05, 0.1) is 5.52 Å². The van der Waals surface area contributed by atoms with Crippen LogP contribution < -0.4 is 9.64 Å². The number of likely N-dealkylation sites (tertiary alicyclic amines) is 1. The molecule has 2 saturated heterocycles. The van der Waals surface area contributed by atoms with E-state index in [0.717, 1.165) is 31.2 Å². The first-order chi connectivity index (χ1) is 20.2. The number of rotatable bonds is 6. The first-order valence-electron chi connectivity index (χ1n) is 14.7. The van der Waals surface area contributed by atoms with Gasteiger partial charge in [-0.05, 0) is 74.9 Å². The number of ether oxygens (including phenoxy) is 1. The minimum atomic E-state index is -0.996. The molecule has 2 aromatic carbocycles. The summed E-state index contributed by atoms with van der Waals surface area (Å²) < 4.78 is 49.6. The molecule has 1 aromatic heterocycles. The van der Waals surface area contributed by atoms with Crippen molar-refractivity contribution in [1.82, 2.24) is 19.8 Å². The van der Waals surface area contributed by atoms with Crippen molar-refractivity contribution in [3.05, 3.63) is 59.7 Å². The van der Waals surface area contributed by atoms with Crippen molar-refractivity contribution in [3.63, 3.8) is 0 Å². The SMILES string of the molecule is C=C(F)C(=O)N1CCN(c2nc(OC[C@@H]3C[C@@H](F)CN3C)nc3cc(-c4cccc5c4CCCC5)c(F)cc23)[C@@H](C)C1. The smallest absolute Gasteiger partial charge is 0.319 e. The van der Waals surface area contributed by atoms with Crippen molar-refractivity contribution in [2.24, 2.45) is 0 Å². The number of likely N-dealkylation sites (N-methyl/N-ethyl adjacent to an activating group) is 1. The molecule has 3 heterocycles. The second kappa shape index (κ2) is 11.6. The van der Waals surface area contributed by atoms with Crippen LogP contribution in [0.1, 0.15) is 37.3 Å². The first-order valence-corrected chi connectivity index (χ1v) is 14.7. The Morgan fingerprint density at radius 1 is 1.12 bits per heavy atom. The second-order valence-electron chi connectivity index (χ2n) is 11.8. The quantitative estimate of drug-likeness (QED) is 0.372. The molecule has 10 heteroatoms. The highest BCUT2D eigenvalue weighted by atomic mass is 19.1. The molecule has 2 fully saturated rings. The number of aromatic nitrogens is 2. The maximum atomic E-state index is 16.0. The Hall–Kier alpha value is -3.66. The molecule has 0 N–H and O–H groups in total. The van der Waals surface area contributed by atoms with E-state index in [2.05, 4.69) is 12.6 Å². The van der Waals surface area contributed by atoms with Gasteiger partial charge >= 0.3 is 6.01 Å². The van der Waals surface area contributed by atoms with Gasteiger partial charge in [-0.3, -0.25) is 9.69 Å². The number of hydrogen-bond donors (Lipinski definition) is 0. The summed E-state index contributed by atoms with van der Waals surface area (Å²) in [6, 6.07) is 9.09. The minimum Gasteiger partial charge on any atom is -0.462 e. The van der Waals surface area contributed by atoms with Crippen molar-refractivity contribution in [2.45, 2.75) is 57.3 Å². The molecule has 0 unspecified atom stereocenters. The molecule has 7 nitrogen and oxygen atoms in total. The van der Waals surface area contributed by atoms with Crippen LogP contribution >= 0.6 is 0 Å². The van der Waals surface area contributed by atoms with Gasteiger partial charge in [0.25, 0.3) is 5.91 Å². The summed E-state index contributed by atoms with van der Waals surface area (Å²) in [4.78, 5) is 27.0. The summed E-state index contributed by atoms with van der Waals surface area (Å²) in [5, 5.41) is 0.525. The van der Waals surface area contributed by atoms with Gasteiger partial charge in [0.1, 0.15) is 24.4 Å². The number of alkyl halides is 1. The van der Waals surface area contributed by atoms with E-state index in [9.17, 15) is 13.6 Å². The molecular weight excluding hydrogens is 543 g/mol. The zero-order valence-electron chi connectivity index (χ0n) is 24.1. The number of nitrogens with zero attached hydrogens (tertiary/aromatic N) is 5. The number of halogens is 3. The molecule has 0 saturated carbocycles. The molecule has 3 aliphatic rings. The fraction of sp³-hybridized carbons (Fsp3) is 0.469. The molecule has 0 radical (unpaired) electrons. The summed E-state index contributed by atoms with van der Waals surface area (Å²) in [6.07, 6.45) is 3.56. The monoisotopic (exact) mass is 579 g/mol. The molecule has 222 valence electrons. The van der Waals surface area contributed by atoms with E-state index >= 15 is 4.39 Å². The molecule has 3 aromatic rings. The summed E-state index contributed by atoms with van der Waals surface area (Å²) >= 11 is 0. The second-order valence-corrected chi connectivity index (χ2v) is 11.8. The number of hydrogen-bond acceptors (Lipinski definition) is 6. The average Bonchev–Trinajstić information content (AvgIpc) is 3.31. The third kappa shape index (κ3) is 5.44. The number of carbonyl (C=O) groups is 1. The number of aryl methyl sites for hydroxylation is 1. The lowest BCUT2D eigenvalue weighted by Crippen LogP contribution is -2.54. The van der Waals surface area contributed by atoms with Gasteiger partial charge in [0.2, 0.25) is 0 Å². The van der Waals surface area contributed by atoms with Crippen molar-refractivity contribution in [2.75, 3.05) is 44.7 Å². The van der Waals surface area contributed by atoms with Gasteiger partial charge in [0.15, 0.2) is 5.83 Å². The predicted octanol–water partition coefficient (Wildman–Crippen LogP) is 5.26. The van der Waals surface area contributed by atoms with Crippen LogP contribution in [-0.4, -0.2) is 83.8 Å². The Morgan fingerprint density at radius 2 is 1.93 bits per heavy atom. The number of carbonyl (C=O) groups excluding carboxylic acids is 1. The Bertz CT molecular complexity index is 1530. The van der Waals surface area contributed by atoms with Crippen molar-refractivity contribution in [3.8, 4) is 17.1 Å². The predicted molar refractivity (Wildman–Crippen MR) is 157 cm³/mol. The number of benzene rings is 2. The number of piperazine rings is 1. The maximum absolute atomic E-state index is 16.0. The van der Waals surface area contributed by atoms with E-state index in [4.69, 9.17) is 14.7 Å². The van der Waals surface area contributed by atoms with Gasteiger partial charge in [-0.25, -0.2) is 13.2 Å². The lowest BCUT2D eigenvalue weighted by atomic mass is 9.85. The van der Waals surface area contributed by atoms with E-state index in [-0.39, 0.29) is 43.6 Å². The van der Waals surface area contributed by atoms with Gasteiger partial charge in [0, 0.05) is 49.2 Å². The van der Waals surface area contributed by atoms with Crippen LogP contribution in [0, 0.1) is 5.82 Å². The summed E-state index contributed by atoms with van der Waals surface area (Å²) in [5.74, 6) is -1.61. The van der Waals surface area contributed by atoms with E-state index in [1.165, 1.54) is 22.1 Å². The minimum absolute atomic E-state index is 0.107. The normalized spacial score (nSPS) is 22.8. The first kappa shape index (κ1) is 28.5. The van der Waals surface area contributed by atoms with E-state index in [0.29, 0.717) is 41.8 Å². The third-order valence-corrected chi connectivity index (χ3v) is 8.89. The standard InChI is InChI=1S/C32H36F3N5O2/c1-19-16-39(31(41)20(2)33)11-12-40(19)30-27-14-28(35)26(25-10-6-8-21-7-4-5-9-24(21)25)15-29(27)36-32(37-30)42-18-23-13-22(34)17-38(23)3/h6,8,10,14-15,19,22-23H,2,4-5,7,9,11-13,16-18H2,1,3H3/t19-,22+,23-/m0/s1. The van der Waals surface area contributed by atoms with Gasteiger partial charge in [-0.1, -0.05) is 24.8 Å². The van der Waals surface area contributed by atoms with Crippen molar-refractivity contribution < 1.29 is 22.7 Å². The topological polar surface area (TPSA) is 61.8 Å². The van der Waals surface area contributed by atoms with Crippen molar-refractivity contribution >= 4 is 22.6 Å². The lowest BCUT2D eigenvalue weighted by molar-refractivity contribution is -0.129. The lowest BCUT2D eigenvalue weighted by Gasteiger charge is -2.40. The van der Waals surface area contributed by atoms with E-state index < -0.39 is 17.9 Å². The Labute approximate surface area is 244 Å². The molecule has 1 amide bonds. The molecule has 3 atom stereocenters. The fourth-order valence-electron chi connectivity index (χ4n) is 6.64. The van der Waals surface area contributed by atoms with Crippen molar-refractivity contribution in [1.29, 1.82) is 0 Å². The molecule has 0 bridgehead atoms. The number of anilines is 1. The average molecular weight is 580 g/mol. The van der Waals surface area contributed by atoms with Gasteiger partial charge in [-0.2, -0.15) is 9.97 Å². The van der Waals surface area contributed by atoms with E-state index in [1.807, 2.05) is 35.9 Å². The summed E-state index contributed by atoms with van der Waals surface area (Å²) in [5.41, 5.74) is 4.34. The van der Waals surface area contributed by atoms with Crippen LogP contribution in [0.5, 0.6) is 6.01 Å². The van der Waals surface area contributed by atoms with Crippen LogP contribution in [0.15, 0.2) is 42.7 Å². The Kier molecular flexibility index (Phi) is 7.83. The fourth-order valence-corrected chi connectivity index (χ4v) is 6.64. The van der Waals surface area contributed by atoms with Crippen LogP contribution in [-0.2, 0) is 17.6 Å². The largest absolute Gasteiger partial charge is 0.462 e. The van der Waals surface area contributed by atoms with Gasteiger partial charge < -0.3 is 14.5 Å². The Morgan fingerprint density at radius 3 is 2.67 bits per heavy atom. The zero-order valence-corrected chi connectivity index (χ0v) is 24.1. The molecule has 1 aliphatic carbocycles. The van der Waals surface area contributed by atoms with Crippen LogP contribution in [0.25, 0.3) is 22.0 Å². The highest BCUT2D eigenvalue weighted by Crippen LogP contribution is 2.37. The highest BCUT2D eigenvalue weighted by molar-refractivity contribution is 5.94. The third-order valence-electron chi connectivity index (χ3n) is 8.89. The van der Waals surface area contributed by atoms with E-state index in [1.54, 1.807) is 6.07 Å². The molecule has 2 aliphatic heterocycles. The zero-order chi connectivity index (χ0) is 29.5. The molecule has 42 heavy (non-hydrogen) atoms. The highest BCUT2D eigenvalue weighted by Gasteiger charge is 2.32. The van der Waals surface area contributed by atoms with Crippen LogP contribution in [0.3, 0.4) is 0 Å². The summed E-state index contributed by atoms with van der Waals surface area (Å²) in [6.45, 7) is 6.50. The van der Waals surface area contributed by atoms with Gasteiger partial charge in [-0.15, -0.1) is 0 Å². The summed E-state index contributed by atoms with van der Waals surface area (Å²) in [7, 11) is 1.87.